The van der Waals surface area contributed by atoms with Crippen molar-refractivity contribution in [3.05, 3.63) is 0 Å². The van der Waals surface area contributed by atoms with Crippen molar-refractivity contribution in [3.63, 3.8) is 0 Å². The molecule has 82 valence electrons. The van der Waals surface area contributed by atoms with Gasteiger partial charge in [0, 0.05) is 13.2 Å². The van der Waals surface area contributed by atoms with Crippen molar-refractivity contribution in [1.29, 1.82) is 0 Å². The number of nitrogens with one attached hydrogen (secondary N) is 1. The Hall–Kier alpha value is -0.0800. The van der Waals surface area contributed by atoms with Gasteiger partial charge < -0.3 is 10.1 Å². The van der Waals surface area contributed by atoms with Gasteiger partial charge in [-0.2, -0.15) is 0 Å². The van der Waals surface area contributed by atoms with Gasteiger partial charge >= 0.3 is 0 Å². The van der Waals surface area contributed by atoms with Crippen LogP contribution in [0.25, 0.3) is 0 Å². The van der Waals surface area contributed by atoms with Crippen molar-refractivity contribution in [2.24, 2.45) is 17.8 Å². The third kappa shape index (κ3) is 2.71. The molecule has 0 bridgehead atoms. The molecule has 2 nitrogen and oxygen atoms in total. The second kappa shape index (κ2) is 5.13. The maximum Gasteiger partial charge on any atom is 0.0497 e. The van der Waals surface area contributed by atoms with E-state index in [9.17, 15) is 0 Å². The highest BCUT2D eigenvalue weighted by Crippen LogP contribution is 2.46. The minimum atomic E-state index is 0.886. The predicted octanol–water partition coefficient (Wildman–Crippen LogP) is 2.05. The van der Waals surface area contributed by atoms with Crippen LogP contribution in [-0.4, -0.2) is 26.3 Å². The second-order valence-corrected chi connectivity index (χ2v) is 4.84. The van der Waals surface area contributed by atoms with E-state index in [1.54, 1.807) is 0 Å². The normalized spacial score (nSPS) is 37.1. The zero-order valence-corrected chi connectivity index (χ0v) is 9.30. The molecule has 0 spiro atoms. The Morgan fingerprint density at radius 1 is 1.43 bits per heavy atom. The summed E-state index contributed by atoms with van der Waals surface area (Å²) >= 11 is 0. The molecule has 2 heteroatoms. The van der Waals surface area contributed by atoms with Crippen molar-refractivity contribution < 1.29 is 4.74 Å². The topological polar surface area (TPSA) is 21.3 Å². The Morgan fingerprint density at radius 2 is 2.36 bits per heavy atom. The van der Waals surface area contributed by atoms with Crippen molar-refractivity contribution in [2.45, 2.75) is 32.6 Å². The first kappa shape index (κ1) is 10.4. The zero-order valence-electron chi connectivity index (χ0n) is 9.30. The van der Waals surface area contributed by atoms with Crippen LogP contribution >= 0.6 is 0 Å². The summed E-state index contributed by atoms with van der Waals surface area (Å²) in [5, 5.41) is 3.53. The number of hydrogen-bond acceptors (Lipinski definition) is 2. The monoisotopic (exact) mass is 197 g/mol. The predicted molar refractivity (Wildman–Crippen MR) is 58.3 cm³/mol. The molecule has 1 saturated heterocycles. The Bertz CT molecular complexity index is 166. The standard InChI is InChI=1S/C12H23NO/c1-2-5-13-8-11-7-12(11)10-4-3-6-14-9-10/h10-13H,2-9H2,1H3. The summed E-state index contributed by atoms with van der Waals surface area (Å²) in [5.41, 5.74) is 0. The smallest absolute Gasteiger partial charge is 0.0497 e. The molecule has 3 atom stereocenters. The lowest BCUT2D eigenvalue weighted by Crippen LogP contribution is -2.23. The SMILES string of the molecule is CCCNCC1CC1C1CCCOC1. The maximum atomic E-state index is 5.54. The van der Waals surface area contributed by atoms with Gasteiger partial charge in [-0.1, -0.05) is 6.92 Å². The van der Waals surface area contributed by atoms with Crippen molar-refractivity contribution in [2.75, 3.05) is 26.3 Å². The zero-order chi connectivity index (χ0) is 9.80. The van der Waals surface area contributed by atoms with Crippen molar-refractivity contribution >= 4 is 0 Å². The molecule has 1 aliphatic heterocycles. The van der Waals surface area contributed by atoms with E-state index >= 15 is 0 Å². The van der Waals surface area contributed by atoms with Crippen LogP contribution in [0.2, 0.25) is 0 Å². The van der Waals surface area contributed by atoms with Gasteiger partial charge in [0.05, 0.1) is 0 Å². The highest BCUT2D eigenvalue weighted by molar-refractivity contribution is 4.93. The molecular formula is C12H23NO. The van der Waals surface area contributed by atoms with Gasteiger partial charge in [-0.3, -0.25) is 0 Å². The molecule has 1 aliphatic carbocycles. The van der Waals surface area contributed by atoms with E-state index in [4.69, 9.17) is 4.74 Å². The van der Waals surface area contributed by atoms with Gasteiger partial charge in [-0.15, -0.1) is 0 Å². The summed E-state index contributed by atoms with van der Waals surface area (Å²) in [5.74, 6) is 2.84. The van der Waals surface area contributed by atoms with Crippen LogP contribution in [0.4, 0.5) is 0 Å². The minimum absolute atomic E-state index is 0.886. The third-order valence-corrected chi connectivity index (χ3v) is 3.61. The number of rotatable bonds is 5. The largest absolute Gasteiger partial charge is 0.381 e. The van der Waals surface area contributed by atoms with Crippen LogP contribution in [0.5, 0.6) is 0 Å². The van der Waals surface area contributed by atoms with Crippen LogP contribution in [0, 0.1) is 17.8 Å². The van der Waals surface area contributed by atoms with Gasteiger partial charge in [0.25, 0.3) is 0 Å². The van der Waals surface area contributed by atoms with E-state index in [-0.39, 0.29) is 0 Å². The third-order valence-electron chi connectivity index (χ3n) is 3.61. The van der Waals surface area contributed by atoms with Crippen LogP contribution in [0.15, 0.2) is 0 Å². The summed E-state index contributed by atoms with van der Waals surface area (Å²) in [6, 6.07) is 0. The lowest BCUT2D eigenvalue weighted by molar-refractivity contribution is 0.0444. The van der Waals surface area contributed by atoms with E-state index in [1.807, 2.05) is 0 Å². The van der Waals surface area contributed by atoms with Gasteiger partial charge in [-0.05, 0) is 56.5 Å². The first-order valence-corrected chi connectivity index (χ1v) is 6.20. The van der Waals surface area contributed by atoms with E-state index in [2.05, 4.69) is 12.2 Å². The highest BCUT2D eigenvalue weighted by Gasteiger charge is 2.42. The lowest BCUT2D eigenvalue weighted by atomic mass is 9.96. The molecule has 0 aromatic heterocycles. The maximum absolute atomic E-state index is 5.54. The molecule has 2 fully saturated rings. The second-order valence-electron chi connectivity index (χ2n) is 4.84. The van der Waals surface area contributed by atoms with E-state index in [0.29, 0.717) is 0 Å². The Morgan fingerprint density at radius 3 is 3.07 bits per heavy atom. The Labute approximate surface area is 87.4 Å². The fraction of sp³-hybridized carbons (Fsp3) is 1.00. The summed E-state index contributed by atoms with van der Waals surface area (Å²) in [6.45, 7) is 6.70. The van der Waals surface area contributed by atoms with Crippen molar-refractivity contribution in [1.82, 2.24) is 5.32 Å². The minimum Gasteiger partial charge on any atom is -0.381 e. The molecule has 1 heterocycles. The first-order chi connectivity index (χ1) is 6.92. The summed E-state index contributed by atoms with van der Waals surface area (Å²) in [4.78, 5) is 0. The molecule has 1 saturated carbocycles. The van der Waals surface area contributed by atoms with Crippen molar-refractivity contribution in [3.8, 4) is 0 Å². The molecule has 0 amide bonds. The molecule has 2 aliphatic rings. The average Bonchev–Trinajstić information content (AvgIpc) is 2.99. The fourth-order valence-corrected chi connectivity index (χ4v) is 2.65. The summed E-state index contributed by atoms with van der Waals surface area (Å²) in [7, 11) is 0. The number of hydrogen-bond donors (Lipinski definition) is 1. The van der Waals surface area contributed by atoms with Crippen LogP contribution in [0.3, 0.4) is 0 Å². The van der Waals surface area contributed by atoms with Gasteiger partial charge in [0.1, 0.15) is 0 Å². The lowest BCUT2D eigenvalue weighted by Gasteiger charge is -2.22. The molecule has 3 unspecified atom stereocenters. The van der Waals surface area contributed by atoms with Gasteiger partial charge in [0.15, 0.2) is 0 Å². The van der Waals surface area contributed by atoms with E-state index in [0.717, 1.165) is 31.0 Å². The molecule has 0 aromatic rings. The first-order valence-electron chi connectivity index (χ1n) is 6.20. The Balaban J connectivity index is 1.60. The Kier molecular flexibility index (Phi) is 3.82. The molecule has 0 radical (unpaired) electrons. The van der Waals surface area contributed by atoms with Crippen LogP contribution in [-0.2, 0) is 4.74 Å². The van der Waals surface area contributed by atoms with Crippen LogP contribution in [0.1, 0.15) is 32.6 Å². The molecule has 2 rings (SSSR count). The fourth-order valence-electron chi connectivity index (χ4n) is 2.65. The van der Waals surface area contributed by atoms with Gasteiger partial charge in [0.2, 0.25) is 0 Å². The summed E-state index contributed by atoms with van der Waals surface area (Å²) < 4.78 is 5.54. The van der Waals surface area contributed by atoms with Gasteiger partial charge in [-0.25, -0.2) is 0 Å². The van der Waals surface area contributed by atoms with E-state index < -0.39 is 0 Å². The summed E-state index contributed by atoms with van der Waals surface area (Å²) in [6.07, 6.45) is 5.40. The van der Waals surface area contributed by atoms with E-state index in [1.165, 1.54) is 38.8 Å². The molecule has 0 aromatic carbocycles. The molecular weight excluding hydrogens is 174 g/mol. The van der Waals surface area contributed by atoms with Crippen LogP contribution < -0.4 is 5.32 Å². The molecule has 1 N–H and O–H groups in total. The average molecular weight is 197 g/mol. The molecule has 14 heavy (non-hydrogen) atoms. The highest BCUT2D eigenvalue weighted by atomic mass is 16.5. The quantitative estimate of drug-likeness (QED) is 0.681. The number of ether oxygens (including phenoxy) is 1.